The monoisotopic (exact) mass is 330 g/mol. The topological polar surface area (TPSA) is 64.5 Å². The molecule has 0 aliphatic carbocycles. The molecule has 0 bridgehead atoms. The number of likely N-dealkylation sites (N-methyl/N-ethyl adjacent to an activating group) is 2. The summed E-state index contributed by atoms with van der Waals surface area (Å²) in [4.78, 5) is 0. The number of hydrogen-bond acceptors (Lipinski definition) is 4. The molecule has 0 fully saturated rings. The Morgan fingerprint density at radius 1 is 0.625 bits per heavy atom. The first-order valence-electron chi connectivity index (χ1n) is 8.31. The van der Waals surface area contributed by atoms with E-state index in [4.69, 9.17) is 0 Å². The van der Waals surface area contributed by atoms with Gasteiger partial charge in [0, 0.05) is 12.1 Å². The molecule has 4 atom stereocenters. The van der Waals surface area contributed by atoms with E-state index in [0.717, 1.165) is 11.1 Å². The van der Waals surface area contributed by atoms with E-state index in [9.17, 15) is 10.2 Å². The van der Waals surface area contributed by atoms with Gasteiger partial charge in [-0.2, -0.15) is 0 Å². The minimum absolute atomic E-state index is 0.0902. The molecule has 4 N–H and O–H groups in total. The molecule has 0 radical (unpaired) electrons. The molecule has 0 aliphatic rings. The molecule has 24 heavy (non-hydrogen) atoms. The fourth-order valence-corrected chi connectivity index (χ4v) is 2.19. The Bertz CT molecular complexity index is 497. The van der Waals surface area contributed by atoms with Crippen molar-refractivity contribution in [3.05, 3.63) is 71.8 Å². The van der Waals surface area contributed by atoms with Gasteiger partial charge in [-0.1, -0.05) is 60.7 Å². The lowest BCUT2D eigenvalue weighted by Gasteiger charge is -2.17. The Balaban J connectivity index is 0.000000240. The van der Waals surface area contributed by atoms with E-state index in [2.05, 4.69) is 10.6 Å². The Morgan fingerprint density at radius 3 is 1.17 bits per heavy atom. The first kappa shape index (κ1) is 20.3. The van der Waals surface area contributed by atoms with Crippen molar-refractivity contribution in [3.8, 4) is 0 Å². The van der Waals surface area contributed by atoms with Crippen LogP contribution in [0.1, 0.15) is 37.2 Å². The predicted octanol–water partition coefficient (Wildman–Crippen LogP) is 2.66. The van der Waals surface area contributed by atoms with E-state index in [1.54, 1.807) is 0 Å². The van der Waals surface area contributed by atoms with Crippen molar-refractivity contribution in [1.82, 2.24) is 10.6 Å². The summed E-state index contributed by atoms with van der Waals surface area (Å²) >= 11 is 0. The van der Waals surface area contributed by atoms with Gasteiger partial charge in [-0.15, -0.1) is 0 Å². The molecule has 2 rings (SSSR count). The lowest BCUT2D eigenvalue weighted by molar-refractivity contribution is 0.140. The zero-order valence-electron chi connectivity index (χ0n) is 15.0. The van der Waals surface area contributed by atoms with Gasteiger partial charge in [0.15, 0.2) is 0 Å². The van der Waals surface area contributed by atoms with Gasteiger partial charge in [0.25, 0.3) is 0 Å². The van der Waals surface area contributed by atoms with E-state index in [0.29, 0.717) is 0 Å². The standard InChI is InChI=1S/2C10H15NO/c2*1-8(11-2)10(12)9-6-4-3-5-7-9/h2*3-8,10-12H,1-2H3/t2*8-,10-/m00/s1. The van der Waals surface area contributed by atoms with Crippen LogP contribution in [-0.4, -0.2) is 36.4 Å². The zero-order chi connectivity index (χ0) is 17.9. The minimum Gasteiger partial charge on any atom is -0.387 e. The number of aliphatic hydroxyl groups is 2. The van der Waals surface area contributed by atoms with E-state index >= 15 is 0 Å². The summed E-state index contributed by atoms with van der Waals surface area (Å²) in [6.07, 6.45) is -0.840. The zero-order valence-corrected chi connectivity index (χ0v) is 15.0. The molecule has 2 aromatic rings. The Morgan fingerprint density at radius 2 is 0.917 bits per heavy atom. The minimum atomic E-state index is -0.420. The van der Waals surface area contributed by atoms with Gasteiger partial charge >= 0.3 is 0 Å². The maximum Gasteiger partial charge on any atom is 0.0940 e. The molecule has 132 valence electrons. The third-order valence-electron chi connectivity index (χ3n) is 4.14. The van der Waals surface area contributed by atoms with Crippen molar-refractivity contribution in [2.45, 2.75) is 38.1 Å². The van der Waals surface area contributed by atoms with Crippen LogP contribution in [0, 0.1) is 0 Å². The number of aliphatic hydroxyl groups excluding tert-OH is 2. The molecule has 0 aromatic heterocycles. The van der Waals surface area contributed by atoms with Crippen molar-refractivity contribution < 1.29 is 10.2 Å². The summed E-state index contributed by atoms with van der Waals surface area (Å²) in [6, 6.07) is 19.5. The van der Waals surface area contributed by atoms with Gasteiger partial charge in [-0.3, -0.25) is 0 Å². The molecule has 2 aromatic carbocycles. The molecule has 0 saturated carbocycles. The van der Waals surface area contributed by atoms with Gasteiger partial charge in [0.05, 0.1) is 12.2 Å². The van der Waals surface area contributed by atoms with Crippen LogP contribution >= 0.6 is 0 Å². The second-order valence-electron chi connectivity index (χ2n) is 5.87. The predicted molar refractivity (Wildman–Crippen MR) is 99.8 cm³/mol. The Kier molecular flexibility index (Phi) is 9.27. The van der Waals surface area contributed by atoms with Crippen LogP contribution in [0.15, 0.2) is 60.7 Å². The first-order chi connectivity index (χ1) is 11.5. The van der Waals surface area contributed by atoms with Crippen LogP contribution in [0.5, 0.6) is 0 Å². The molecule has 0 spiro atoms. The second-order valence-corrected chi connectivity index (χ2v) is 5.87. The van der Waals surface area contributed by atoms with E-state index in [-0.39, 0.29) is 12.1 Å². The summed E-state index contributed by atoms with van der Waals surface area (Å²) in [7, 11) is 3.69. The fourth-order valence-electron chi connectivity index (χ4n) is 2.19. The molecule has 0 heterocycles. The summed E-state index contributed by atoms with van der Waals surface area (Å²) in [5, 5.41) is 25.5. The summed E-state index contributed by atoms with van der Waals surface area (Å²) in [5.41, 5.74) is 1.92. The van der Waals surface area contributed by atoms with Crippen molar-refractivity contribution in [1.29, 1.82) is 0 Å². The van der Waals surface area contributed by atoms with Gasteiger partial charge in [0.2, 0.25) is 0 Å². The number of nitrogens with one attached hydrogen (secondary N) is 2. The van der Waals surface area contributed by atoms with Crippen LogP contribution < -0.4 is 10.6 Å². The first-order valence-corrected chi connectivity index (χ1v) is 8.31. The van der Waals surface area contributed by atoms with Crippen LogP contribution in [-0.2, 0) is 0 Å². The Hall–Kier alpha value is -1.72. The lowest BCUT2D eigenvalue weighted by atomic mass is 10.0. The number of benzene rings is 2. The third kappa shape index (κ3) is 6.42. The average Bonchev–Trinajstić information content (AvgIpc) is 2.67. The maximum absolute atomic E-state index is 9.73. The van der Waals surface area contributed by atoms with Crippen molar-refractivity contribution in [2.24, 2.45) is 0 Å². The van der Waals surface area contributed by atoms with Gasteiger partial charge in [-0.25, -0.2) is 0 Å². The van der Waals surface area contributed by atoms with E-state index in [1.807, 2.05) is 88.6 Å². The molecule has 0 aliphatic heterocycles. The second kappa shape index (κ2) is 10.9. The van der Waals surface area contributed by atoms with E-state index in [1.165, 1.54) is 0 Å². The van der Waals surface area contributed by atoms with Crippen LogP contribution in [0.4, 0.5) is 0 Å². The quantitative estimate of drug-likeness (QED) is 0.657. The Labute approximate surface area is 145 Å². The van der Waals surface area contributed by atoms with Crippen LogP contribution in [0.2, 0.25) is 0 Å². The number of hydrogen-bond donors (Lipinski definition) is 4. The average molecular weight is 330 g/mol. The highest BCUT2D eigenvalue weighted by molar-refractivity contribution is 5.19. The highest BCUT2D eigenvalue weighted by atomic mass is 16.3. The summed E-state index contributed by atoms with van der Waals surface area (Å²) in [6.45, 7) is 3.91. The summed E-state index contributed by atoms with van der Waals surface area (Å²) in [5.74, 6) is 0. The SMILES string of the molecule is CN[C@@H](C)[C@H](O)c1ccccc1.CN[C@@H](C)[C@H](O)c1ccccc1. The molecular formula is C20H30N2O2. The van der Waals surface area contributed by atoms with Crippen molar-refractivity contribution in [3.63, 3.8) is 0 Å². The molecule has 0 unspecified atom stereocenters. The van der Waals surface area contributed by atoms with Crippen LogP contribution in [0.25, 0.3) is 0 Å². The normalized spacial score (nSPS) is 15.6. The maximum atomic E-state index is 9.73. The molecule has 0 saturated heterocycles. The van der Waals surface area contributed by atoms with E-state index < -0.39 is 12.2 Å². The van der Waals surface area contributed by atoms with Crippen molar-refractivity contribution in [2.75, 3.05) is 14.1 Å². The molecule has 0 amide bonds. The number of rotatable bonds is 6. The fraction of sp³-hybridized carbons (Fsp3) is 0.400. The van der Waals surface area contributed by atoms with Crippen LogP contribution in [0.3, 0.4) is 0 Å². The molecule has 4 heteroatoms. The molecule has 4 nitrogen and oxygen atoms in total. The van der Waals surface area contributed by atoms with Crippen molar-refractivity contribution >= 4 is 0 Å². The van der Waals surface area contributed by atoms with Gasteiger partial charge in [-0.05, 0) is 39.1 Å². The highest BCUT2D eigenvalue weighted by Gasteiger charge is 2.13. The highest BCUT2D eigenvalue weighted by Crippen LogP contribution is 2.16. The summed E-state index contributed by atoms with van der Waals surface area (Å²) < 4.78 is 0. The largest absolute Gasteiger partial charge is 0.387 e. The van der Waals surface area contributed by atoms with Gasteiger partial charge in [0.1, 0.15) is 0 Å². The molecular weight excluding hydrogens is 300 g/mol. The smallest absolute Gasteiger partial charge is 0.0940 e. The lowest BCUT2D eigenvalue weighted by Crippen LogP contribution is -2.28. The third-order valence-corrected chi connectivity index (χ3v) is 4.14. The van der Waals surface area contributed by atoms with Gasteiger partial charge < -0.3 is 20.8 Å².